The van der Waals surface area contributed by atoms with Gasteiger partial charge in [-0.05, 0) is 18.2 Å². The van der Waals surface area contributed by atoms with Gasteiger partial charge in [0.05, 0.1) is 0 Å². The van der Waals surface area contributed by atoms with Gasteiger partial charge >= 0.3 is 5.97 Å². The van der Waals surface area contributed by atoms with Crippen LogP contribution in [-0.2, 0) is 9.63 Å². The summed E-state index contributed by atoms with van der Waals surface area (Å²) in [6.45, 7) is 0.246. The van der Waals surface area contributed by atoms with E-state index >= 15 is 0 Å². The molecule has 0 fully saturated rings. The molecule has 2 aromatic rings. The molecule has 2 aromatic carbocycles. The Hall–Kier alpha value is -2.24. The molecule has 0 aliphatic carbocycles. The third kappa shape index (κ3) is 5.47. The van der Waals surface area contributed by atoms with Gasteiger partial charge in [-0.15, -0.1) is 0 Å². The Morgan fingerprint density at radius 3 is 2.30 bits per heavy atom. The molecule has 2 rings (SSSR count). The minimum Gasteiger partial charge on any atom is -0.490 e. The standard InChI is InChI=1S/C16H13Cl2NO4/c17-12-8-13(18)10-14(9-12)22-6-7-23-19-15(16(20)21)11-4-2-1-3-5-11/h1-5,8-10H,6-7H2,(H,20,21). The molecular weight excluding hydrogens is 341 g/mol. The van der Waals surface area contributed by atoms with Crippen molar-refractivity contribution < 1.29 is 19.5 Å². The third-order valence-electron chi connectivity index (χ3n) is 2.69. The number of carboxylic acids is 1. The normalized spacial score (nSPS) is 11.1. The number of aliphatic carboxylic acids is 1. The molecule has 23 heavy (non-hydrogen) atoms. The van der Waals surface area contributed by atoms with Crippen LogP contribution < -0.4 is 4.74 Å². The van der Waals surface area contributed by atoms with E-state index in [1.165, 1.54) is 0 Å². The molecule has 5 nitrogen and oxygen atoms in total. The molecule has 7 heteroatoms. The highest BCUT2D eigenvalue weighted by Gasteiger charge is 2.12. The van der Waals surface area contributed by atoms with E-state index in [0.29, 0.717) is 21.4 Å². The van der Waals surface area contributed by atoms with Crippen molar-refractivity contribution in [2.24, 2.45) is 5.16 Å². The summed E-state index contributed by atoms with van der Waals surface area (Å²) in [5.74, 6) is -0.671. The van der Waals surface area contributed by atoms with Gasteiger partial charge in [0.15, 0.2) is 12.3 Å². The van der Waals surface area contributed by atoms with Gasteiger partial charge in [0, 0.05) is 15.6 Å². The van der Waals surface area contributed by atoms with Crippen molar-refractivity contribution in [1.29, 1.82) is 0 Å². The lowest BCUT2D eigenvalue weighted by molar-refractivity contribution is -0.129. The Bertz CT molecular complexity index is 684. The van der Waals surface area contributed by atoms with Gasteiger partial charge in [0.2, 0.25) is 0 Å². The van der Waals surface area contributed by atoms with Crippen molar-refractivity contribution in [3.8, 4) is 5.75 Å². The number of carboxylic acid groups (broad SMARTS) is 1. The maximum Gasteiger partial charge on any atom is 0.358 e. The summed E-state index contributed by atoms with van der Waals surface area (Å²) in [7, 11) is 0. The van der Waals surface area contributed by atoms with Gasteiger partial charge < -0.3 is 14.7 Å². The van der Waals surface area contributed by atoms with Gasteiger partial charge in [-0.25, -0.2) is 4.79 Å². The molecule has 0 radical (unpaired) electrons. The van der Waals surface area contributed by atoms with Crippen LogP contribution in [-0.4, -0.2) is 30.0 Å². The lowest BCUT2D eigenvalue weighted by atomic mass is 10.1. The third-order valence-corrected chi connectivity index (χ3v) is 3.12. The van der Waals surface area contributed by atoms with Crippen molar-refractivity contribution in [3.63, 3.8) is 0 Å². The van der Waals surface area contributed by atoms with Crippen LogP contribution in [0.5, 0.6) is 5.75 Å². The lowest BCUT2D eigenvalue weighted by Gasteiger charge is -2.07. The van der Waals surface area contributed by atoms with Gasteiger partial charge in [-0.2, -0.15) is 0 Å². The highest BCUT2D eigenvalue weighted by molar-refractivity contribution is 6.42. The van der Waals surface area contributed by atoms with Crippen LogP contribution >= 0.6 is 23.2 Å². The zero-order chi connectivity index (χ0) is 16.7. The molecule has 1 N–H and O–H groups in total. The molecule has 0 heterocycles. The Morgan fingerprint density at radius 2 is 1.70 bits per heavy atom. The molecule has 0 atom stereocenters. The van der Waals surface area contributed by atoms with E-state index in [1.807, 2.05) is 0 Å². The minimum atomic E-state index is -1.17. The molecular formula is C16H13Cl2NO4. The molecule has 0 unspecified atom stereocenters. The van der Waals surface area contributed by atoms with Crippen LogP contribution in [0.1, 0.15) is 5.56 Å². The fourth-order valence-electron chi connectivity index (χ4n) is 1.73. The molecule has 0 aliphatic rings. The maximum absolute atomic E-state index is 11.2. The largest absolute Gasteiger partial charge is 0.490 e. The zero-order valence-electron chi connectivity index (χ0n) is 11.9. The van der Waals surface area contributed by atoms with E-state index in [4.69, 9.17) is 37.9 Å². The van der Waals surface area contributed by atoms with Crippen LogP contribution in [0.3, 0.4) is 0 Å². The average molecular weight is 354 g/mol. The van der Waals surface area contributed by atoms with Gasteiger partial charge in [0.1, 0.15) is 12.4 Å². The van der Waals surface area contributed by atoms with Crippen LogP contribution in [0.2, 0.25) is 10.0 Å². The summed E-state index contributed by atoms with van der Waals surface area (Å²) in [5.41, 5.74) is 0.291. The van der Waals surface area contributed by atoms with Gasteiger partial charge in [-0.3, -0.25) is 0 Å². The quantitative estimate of drug-likeness (QED) is 0.466. The van der Waals surface area contributed by atoms with Crippen LogP contribution in [0.15, 0.2) is 53.7 Å². The molecule has 0 aliphatic heterocycles. The minimum absolute atomic E-state index is 0.0771. The number of benzene rings is 2. The molecule has 0 saturated carbocycles. The van der Waals surface area contributed by atoms with Gasteiger partial charge in [0.25, 0.3) is 0 Å². The first-order chi connectivity index (χ1) is 11.1. The number of nitrogens with zero attached hydrogens (tertiary/aromatic N) is 1. The van der Waals surface area contributed by atoms with E-state index < -0.39 is 5.97 Å². The molecule has 0 saturated heterocycles. The summed E-state index contributed by atoms with van der Waals surface area (Å²) < 4.78 is 5.41. The first-order valence-electron chi connectivity index (χ1n) is 6.64. The number of hydrogen-bond donors (Lipinski definition) is 1. The summed E-state index contributed by atoms with van der Waals surface area (Å²) in [4.78, 5) is 16.2. The van der Waals surface area contributed by atoms with Crippen molar-refractivity contribution in [1.82, 2.24) is 0 Å². The second-order valence-electron chi connectivity index (χ2n) is 4.40. The van der Waals surface area contributed by atoms with E-state index in [1.54, 1.807) is 48.5 Å². The fourth-order valence-corrected chi connectivity index (χ4v) is 2.24. The van der Waals surface area contributed by atoms with Crippen molar-refractivity contribution in [2.45, 2.75) is 0 Å². The first-order valence-corrected chi connectivity index (χ1v) is 7.39. The molecule has 0 spiro atoms. The van der Waals surface area contributed by atoms with Crippen LogP contribution in [0.4, 0.5) is 0 Å². The summed E-state index contributed by atoms with van der Waals surface area (Å²) >= 11 is 11.7. The monoisotopic (exact) mass is 353 g/mol. The zero-order valence-corrected chi connectivity index (χ0v) is 13.4. The Kier molecular flexibility index (Phi) is 6.26. The number of ether oxygens (including phenoxy) is 1. The Morgan fingerprint density at radius 1 is 1.04 bits per heavy atom. The highest BCUT2D eigenvalue weighted by Crippen LogP contribution is 2.23. The first kappa shape index (κ1) is 17.1. The topological polar surface area (TPSA) is 68.1 Å². The number of oxime groups is 1. The SMILES string of the molecule is O=C(O)C(=NOCCOc1cc(Cl)cc(Cl)c1)c1ccccc1. The van der Waals surface area contributed by atoms with E-state index in [2.05, 4.69) is 5.16 Å². The second-order valence-corrected chi connectivity index (χ2v) is 5.27. The predicted octanol–water partition coefficient (Wildman–Crippen LogP) is 3.88. The number of halogens is 2. The highest BCUT2D eigenvalue weighted by atomic mass is 35.5. The number of carbonyl (C=O) groups is 1. The second kappa shape index (κ2) is 8.41. The predicted molar refractivity (Wildman–Crippen MR) is 88.5 cm³/mol. The fraction of sp³-hybridized carbons (Fsp3) is 0.125. The molecule has 120 valence electrons. The van der Waals surface area contributed by atoms with E-state index in [9.17, 15) is 4.79 Å². The van der Waals surface area contributed by atoms with Crippen molar-refractivity contribution >= 4 is 34.9 Å². The average Bonchev–Trinajstić information content (AvgIpc) is 2.50. The summed E-state index contributed by atoms with van der Waals surface area (Å²) in [5, 5.41) is 13.7. The summed E-state index contributed by atoms with van der Waals surface area (Å²) in [6, 6.07) is 13.3. The van der Waals surface area contributed by atoms with Crippen LogP contribution in [0.25, 0.3) is 0 Å². The number of hydrogen-bond acceptors (Lipinski definition) is 4. The summed E-state index contributed by atoms with van der Waals surface area (Å²) in [6.07, 6.45) is 0. The molecule has 0 aromatic heterocycles. The number of rotatable bonds is 7. The Balaban J connectivity index is 1.88. The Labute approximate surface area is 143 Å². The molecule has 0 bridgehead atoms. The smallest absolute Gasteiger partial charge is 0.358 e. The van der Waals surface area contributed by atoms with E-state index in [0.717, 1.165) is 0 Å². The lowest BCUT2D eigenvalue weighted by Crippen LogP contribution is -2.16. The van der Waals surface area contributed by atoms with Crippen molar-refractivity contribution in [2.75, 3.05) is 13.2 Å². The van der Waals surface area contributed by atoms with E-state index in [-0.39, 0.29) is 18.9 Å². The van der Waals surface area contributed by atoms with Crippen LogP contribution in [0, 0.1) is 0 Å². The molecule has 0 amide bonds. The maximum atomic E-state index is 11.2. The van der Waals surface area contributed by atoms with Gasteiger partial charge in [-0.1, -0.05) is 58.7 Å². The van der Waals surface area contributed by atoms with Crippen molar-refractivity contribution in [3.05, 3.63) is 64.1 Å².